The minimum absolute atomic E-state index is 0.197. The van der Waals surface area contributed by atoms with Gasteiger partial charge in [0.05, 0.1) is 0 Å². The average Bonchev–Trinajstić information content (AvgIpc) is 2.79. The molecule has 1 amide bonds. The van der Waals surface area contributed by atoms with E-state index in [1.165, 1.54) is 11.5 Å². The molecule has 0 saturated carbocycles. The van der Waals surface area contributed by atoms with Crippen LogP contribution in [-0.4, -0.2) is 48.4 Å². The van der Waals surface area contributed by atoms with Crippen molar-refractivity contribution in [1.29, 1.82) is 0 Å². The highest BCUT2D eigenvalue weighted by atomic mass is 32.1. The summed E-state index contributed by atoms with van der Waals surface area (Å²) in [7, 11) is 1.59. The van der Waals surface area contributed by atoms with Gasteiger partial charge >= 0.3 is 0 Å². The highest BCUT2D eigenvalue weighted by molar-refractivity contribution is 7.11. The van der Waals surface area contributed by atoms with Crippen molar-refractivity contribution in [2.24, 2.45) is 0 Å². The number of nitrogens with zero attached hydrogens (tertiary/aromatic N) is 2. The molecule has 0 atom stereocenters. The van der Waals surface area contributed by atoms with Gasteiger partial charge in [-0.2, -0.15) is 4.37 Å². The van der Waals surface area contributed by atoms with E-state index in [0.717, 1.165) is 37.6 Å². The van der Waals surface area contributed by atoms with E-state index in [-0.39, 0.29) is 11.7 Å². The van der Waals surface area contributed by atoms with Crippen LogP contribution in [0.15, 0.2) is 0 Å². The molecule has 0 saturated heterocycles. The average molecular weight is 285 g/mol. The fraction of sp³-hybridized carbons (Fsp3) is 0.667. The molecule has 0 aromatic carbocycles. The molecule has 1 rings (SSSR count). The summed E-state index contributed by atoms with van der Waals surface area (Å²) in [6.45, 7) is 8.29. The number of nitrogen functional groups attached to an aromatic ring is 1. The zero-order valence-electron chi connectivity index (χ0n) is 11.8. The smallest absolute Gasteiger partial charge is 0.257 e. The number of anilines is 2. The SMILES string of the molecule is CCN(CC)CCCNc1snc(N)c1C(=O)NC. The maximum Gasteiger partial charge on any atom is 0.257 e. The lowest BCUT2D eigenvalue weighted by Gasteiger charge is -2.17. The second kappa shape index (κ2) is 7.96. The Balaban J connectivity index is 2.48. The highest BCUT2D eigenvalue weighted by Gasteiger charge is 2.17. The molecule has 6 nitrogen and oxygen atoms in total. The first-order valence-corrected chi connectivity index (χ1v) is 7.34. The zero-order chi connectivity index (χ0) is 14.3. The summed E-state index contributed by atoms with van der Waals surface area (Å²) >= 11 is 1.23. The van der Waals surface area contributed by atoms with E-state index in [4.69, 9.17) is 5.73 Å². The van der Waals surface area contributed by atoms with Gasteiger partial charge in [0.2, 0.25) is 0 Å². The molecule has 4 N–H and O–H groups in total. The van der Waals surface area contributed by atoms with Gasteiger partial charge in [-0.25, -0.2) is 0 Å². The molecule has 0 aliphatic carbocycles. The van der Waals surface area contributed by atoms with Gasteiger partial charge in [0.15, 0.2) is 5.82 Å². The maximum absolute atomic E-state index is 11.7. The molecule has 0 aliphatic heterocycles. The van der Waals surface area contributed by atoms with Crippen LogP contribution in [0.1, 0.15) is 30.6 Å². The summed E-state index contributed by atoms with van der Waals surface area (Å²) in [5.41, 5.74) is 6.16. The summed E-state index contributed by atoms with van der Waals surface area (Å²) in [6, 6.07) is 0. The van der Waals surface area contributed by atoms with E-state index in [1.807, 2.05) is 0 Å². The van der Waals surface area contributed by atoms with Gasteiger partial charge in [0, 0.05) is 13.6 Å². The molecule has 0 fully saturated rings. The number of hydrogen-bond acceptors (Lipinski definition) is 6. The Hall–Kier alpha value is -1.34. The van der Waals surface area contributed by atoms with E-state index in [2.05, 4.69) is 33.8 Å². The molecule has 0 unspecified atom stereocenters. The van der Waals surface area contributed by atoms with Crippen molar-refractivity contribution < 1.29 is 4.79 Å². The van der Waals surface area contributed by atoms with Crippen LogP contribution in [0.4, 0.5) is 10.8 Å². The fourth-order valence-corrected chi connectivity index (χ4v) is 2.55. The van der Waals surface area contributed by atoms with Crippen LogP contribution in [0.2, 0.25) is 0 Å². The molecule has 1 aromatic rings. The zero-order valence-corrected chi connectivity index (χ0v) is 12.6. The van der Waals surface area contributed by atoms with Crippen LogP contribution >= 0.6 is 11.5 Å². The first-order valence-electron chi connectivity index (χ1n) is 6.57. The monoisotopic (exact) mass is 285 g/mol. The summed E-state index contributed by atoms with van der Waals surface area (Å²) < 4.78 is 4.02. The Kier molecular flexibility index (Phi) is 6.58. The third kappa shape index (κ3) is 4.36. The van der Waals surface area contributed by atoms with Crippen LogP contribution in [0.25, 0.3) is 0 Å². The lowest BCUT2D eigenvalue weighted by atomic mass is 10.3. The quantitative estimate of drug-likeness (QED) is 0.626. The molecule has 108 valence electrons. The third-order valence-corrected chi connectivity index (χ3v) is 3.82. The normalized spacial score (nSPS) is 10.7. The number of nitrogens with one attached hydrogen (secondary N) is 2. The number of aromatic nitrogens is 1. The number of carbonyl (C=O) groups excluding carboxylic acids is 1. The number of rotatable bonds is 8. The lowest BCUT2D eigenvalue weighted by molar-refractivity contribution is 0.0965. The van der Waals surface area contributed by atoms with Crippen molar-refractivity contribution in [2.45, 2.75) is 20.3 Å². The molecule has 0 radical (unpaired) electrons. The van der Waals surface area contributed by atoms with Crippen molar-refractivity contribution in [3.05, 3.63) is 5.56 Å². The second-order valence-corrected chi connectivity index (χ2v) is 4.93. The first-order chi connectivity index (χ1) is 9.13. The van der Waals surface area contributed by atoms with Crippen molar-refractivity contribution >= 4 is 28.3 Å². The number of nitrogens with two attached hydrogens (primary N) is 1. The minimum atomic E-state index is -0.197. The summed E-state index contributed by atoms with van der Waals surface area (Å²) in [6.07, 6.45) is 1.02. The summed E-state index contributed by atoms with van der Waals surface area (Å²) in [5.74, 6) is 0.0908. The second-order valence-electron chi connectivity index (χ2n) is 4.16. The first kappa shape index (κ1) is 15.7. The van der Waals surface area contributed by atoms with Crippen molar-refractivity contribution in [3.8, 4) is 0 Å². The Morgan fingerprint density at radius 3 is 2.68 bits per heavy atom. The Morgan fingerprint density at radius 1 is 1.42 bits per heavy atom. The number of amides is 1. The van der Waals surface area contributed by atoms with Crippen LogP contribution in [0.3, 0.4) is 0 Å². The highest BCUT2D eigenvalue weighted by Crippen LogP contribution is 2.26. The molecule has 0 aliphatic rings. The molecule has 1 heterocycles. The molecule has 1 aromatic heterocycles. The van der Waals surface area contributed by atoms with Crippen molar-refractivity contribution in [3.63, 3.8) is 0 Å². The molecule has 0 bridgehead atoms. The van der Waals surface area contributed by atoms with Crippen LogP contribution in [-0.2, 0) is 0 Å². The van der Waals surface area contributed by atoms with Crippen molar-refractivity contribution in [2.75, 3.05) is 44.3 Å². The van der Waals surface area contributed by atoms with Crippen LogP contribution in [0.5, 0.6) is 0 Å². The van der Waals surface area contributed by atoms with Crippen LogP contribution < -0.4 is 16.4 Å². The number of hydrogen-bond donors (Lipinski definition) is 3. The van der Waals surface area contributed by atoms with E-state index >= 15 is 0 Å². The van der Waals surface area contributed by atoms with E-state index in [0.29, 0.717) is 5.56 Å². The predicted molar refractivity (Wildman–Crippen MR) is 80.8 cm³/mol. The van der Waals surface area contributed by atoms with Crippen LogP contribution in [0, 0.1) is 0 Å². The van der Waals surface area contributed by atoms with Gasteiger partial charge in [0.1, 0.15) is 10.6 Å². The van der Waals surface area contributed by atoms with Gasteiger partial charge in [-0.15, -0.1) is 0 Å². The Morgan fingerprint density at radius 2 is 2.11 bits per heavy atom. The molecular formula is C12H23N5OS. The van der Waals surface area contributed by atoms with Gasteiger partial charge in [-0.1, -0.05) is 13.8 Å². The topological polar surface area (TPSA) is 83.3 Å². The maximum atomic E-state index is 11.7. The number of carbonyl (C=O) groups is 1. The Bertz CT molecular complexity index is 403. The molecular weight excluding hydrogens is 262 g/mol. The van der Waals surface area contributed by atoms with E-state index < -0.39 is 0 Å². The predicted octanol–water partition coefficient (Wildman–Crippen LogP) is 1.23. The summed E-state index contributed by atoms with van der Waals surface area (Å²) in [5, 5.41) is 6.56. The lowest BCUT2D eigenvalue weighted by Crippen LogP contribution is -2.25. The molecule has 19 heavy (non-hydrogen) atoms. The fourth-order valence-electron chi connectivity index (χ4n) is 1.81. The Labute approximate surface area is 118 Å². The molecule has 7 heteroatoms. The van der Waals surface area contributed by atoms with Crippen molar-refractivity contribution in [1.82, 2.24) is 14.6 Å². The van der Waals surface area contributed by atoms with Gasteiger partial charge in [-0.3, -0.25) is 4.79 Å². The van der Waals surface area contributed by atoms with Gasteiger partial charge in [-0.05, 0) is 37.6 Å². The summed E-state index contributed by atoms with van der Waals surface area (Å²) in [4.78, 5) is 14.0. The third-order valence-electron chi connectivity index (χ3n) is 3.00. The van der Waals surface area contributed by atoms with E-state index in [9.17, 15) is 4.79 Å². The molecule has 0 spiro atoms. The van der Waals surface area contributed by atoms with Gasteiger partial charge in [0.25, 0.3) is 5.91 Å². The standard InChI is InChI=1S/C12H23N5OS/c1-4-17(5-2)8-6-7-15-12-9(11(18)14-3)10(13)16-19-12/h15H,4-8H2,1-3H3,(H2,13,16)(H,14,18). The largest absolute Gasteiger partial charge is 0.382 e. The minimum Gasteiger partial charge on any atom is -0.382 e. The van der Waals surface area contributed by atoms with E-state index in [1.54, 1.807) is 7.05 Å². The van der Waals surface area contributed by atoms with Gasteiger partial charge < -0.3 is 21.3 Å².